The Morgan fingerprint density at radius 1 is 0.972 bits per heavy atom. The Kier molecular flexibility index (Phi) is 6.37. The molecule has 2 amide bonds. The van der Waals surface area contributed by atoms with Crippen LogP contribution in [0.3, 0.4) is 0 Å². The summed E-state index contributed by atoms with van der Waals surface area (Å²) in [5.74, 6) is 0.813. The molecule has 7 heteroatoms. The molecule has 182 valence electrons. The molecule has 36 heavy (non-hydrogen) atoms. The Bertz CT molecular complexity index is 1440. The molecular weight excluding hydrogens is 472 g/mol. The first-order valence-corrected chi connectivity index (χ1v) is 12.3. The minimum absolute atomic E-state index is 0.205. The number of halogens is 1. The molecule has 0 fully saturated rings. The molecule has 1 aromatic heterocycles. The van der Waals surface area contributed by atoms with Crippen LogP contribution in [0.25, 0.3) is 17.0 Å². The molecule has 1 N–H and O–H groups in total. The largest absolute Gasteiger partial charge is 0.334 e. The predicted octanol–water partition coefficient (Wildman–Crippen LogP) is 7.27. The van der Waals surface area contributed by atoms with E-state index < -0.39 is 6.04 Å². The average Bonchev–Trinajstić information content (AvgIpc) is 3.33. The monoisotopic (exact) mass is 498 g/mol. The van der Waals surface area contributed by atoms with Crippen molar-refractivity contribution >= 4 is 28.9 Å². The molecule has 0 bridgehead atoms. The zero-order valence-corrected chi connectivity index (χ0v) is 21.4. The van der Waals surface area contributed by atoms with Crippen LogP contribution in [0.1, 0.15) is 48.0 Å². The number of anilines is 1. The van der Waals surface area contributed by atoms with Crippen LogP contribution in [0.15, 0.2) is 77.0 Å². The van der Waals surface area contributed by atoms with Gasteiger partial charge in [0, 0.05) is 16.3 Å². The molecule has 2 heterocycles. The third-order valence-corrected chi connectivity index (χ3v) is 6.68. The van der Waals surface area contributed by atoms with Gasteiger partial charge < -0.3 is 9.84 Å². The summed E-state index contributed by atoms with van der Waals surface area (Å²) in [5.41, 5.74) is 7.40. The second-order valence-corrected chi connectivity index (χ2v) is 9.52. The van der Waals surface area contributed by atoms with E-state index in [4.69, 9.17) is 21.1 Å². The number of hydrogen-bond acceptors (Lipinski definition) is 4. The quantitative estimate of drug-likeness (QED) is 0.314. The highest BCUT2D eigenvalue weighted by Gasteiger charge is 2.36. The molecule has 0 radical (unpaired) electrons. The number of carbonyl (C=O) groups is 1. The lowest BCUT2D eigenvalue weighted by Crippen LogP contribution is -2.46. The summed E-state index contributed by atoms with van der Waals surface area (Å²) in [6.07, 6.45) is 0.938. The van der Waals surface area contributed by atoms with E-state index in [1.165, 1.54) is 5.56 Å². The first kappa shape index (κ1) is 23.8. The molecule has 0 spiro atoms. The third kappa shape index (κ3) is 4.52. The number of benzene rings is 3. The third-order valence-electron chi connectivity index (χ3n) is 6.43. The number of carbonyl (C=O) groups excluding carboxylic acids is 1. The predicted molar refractivity (Wildman–Crippen MR) is 143 cm³/mol. The number of urea groups is 1. The number of aromatic nitrogens is 2. The van der Waals surface area contributed by atoms with Gasteiger partial charge in [0.2, 0.25) is 5.82 Å². The lowest BCUT2D eigenvalue weighted by Gasteiger charge is -2.35. The van der Waals surface area contributed by atoms with Crippen molar-refractivity contribution in [3.63, 3.8) is 0 Å². The highest BCUT2D eigenvalue weighted by Crippen LogP contribution is 2.39. The number of allylic oxidation sites excluding steroid dienone is 1. The van der Waals surface area contributed by atoms with Gasteiger partial charge in [-0.2, -0.15) is 4.98 Å². The first-order chi connectivity index (χ1) is 17.3. The van der Waals surface area contributed by atoms with E-state index in [1.54, 1.807) is 17.0 Å². The fourth-order valence-electron chi connectivity index (χ4n) is 4.66. The Hall–Kier alpha value is -3.90. The van der Waals surface area contributed by atoms with Crippen LogP contribution in [-0.2, 0) is 6.42 Å². The van der Waals surface area contributed by atoms with Crippen molar-refractivity contribution in [2.45, 2.75) is 40.2 Å². The van der Waals surface area contributed by atoms with Crippen molar-refractivity contribution in [1.82, 2.24) is 15.5 Å². The summed E-state index contributed by atoms with van der Waals surface area (Å²) in [6.45, 7) is 8.08. The minimum atomic E-state index is -0.441. The fraction of sp³-hybridized carbons (Fsp3) is 0.207. The minimum Gasteiger partial charge on any atom is -0.334 e. The lowest BCUT2D eigenvalue weighted by molar-refractivity contribution is 0.244. The van der Waals surface area contributed by atoms with Crippen molar-refractivity contribution in [2.24, 2.45) is 0 Å². The number of rotatable bonds is 5. The molecule has 1 unspecified atom stereocenters. The molecule has 3 aromatic carbocycles. The lowest BCUT2D eigenvalue weighted by atomic mass is 9.93. The van der Waals surface area contributed by atoms with E-state index in [2.05, 4.69) is 35.6 Å². The number of amides is 2. The van der Waals surface area contributed by atoms with Crippen LogP contribution >= 0.6 is 11.6 Å². The molecule has 1 aliphatic heterocycles. The van der Waals surface area contributed by atoms with Gasteiger partial charge in [-0.25, -0.2) is 4.79 Å². The molecule has 1 aliphatic rings. The smallest absolute Gasteiger partial charge is 0.326 e. The summed E-state index contributed by atoms with van der Waals surface area (Å²) in [7, 11) is 0. The number of nitrogens with one attached hydrogen (secondary N) is 1. The topological polar surface area (TPSA) is 71.3 Å². The fourth-order valence-corrected chi connectivity index (χ4v) is 4.78. The molecule has 4 aromatic rings. The van der Waals surface area contributed by atoms with Gasteiger partial charge in [0.1, 0.15) is 0 Å². The van der Waals surface area contributed by atoms with Gasteiger partial charge >= 0.3 is 6.03 Å². The van der Waals surface area contributed by atoms with E-state index in [9.17, 15) is 4.79 Å². The normalized spacial score (nSPS) is 15.9. The average molecular weight is 499 g/mol. The second kappa shape index (κ2) is 9.63. The SMILES string of the molecule is CCc1ccc(C2NC(=O)N(c3cc(C)cc(C)c3)C(C)=C2c2nc(-c3ccc(Cl)cc3)no2)cc1. The van der Waals surface area contributed by atoms with E-state index in [0.29, 0.717) is 16.7 Å². The molecule has 0 aliphatic carbocycles. The number of nitrogens with zero attached hydrogens (tertiary/aromatic N) is 3. The van der Waals surface area contributed by atoms with Gasteiger partial charge in [-0.3, -0.25) is 4.90 Å². The molecule has 5 rings (SSSR count). The van der Waals surface area contributed by atoms with Gasteiger partial charge in [0.15, 0.2) is 0 Å². The zero-order chi connectivity index (χ0) is 25.4. The summed E-state index contributed by atoms with van der Waals surface area (Å²) in [6, 6.07) is 21.0. The van der Waals surface area contributed by atoms with E-state index in [-0.39, 0.29) is 6.03 Å². The van der Waals surface area contributed by atoms with Crippen molar-refractivity contribution in [3.8, 4) is 11.4 Å². The van der Waals surface area contributed by atoms with Gasteiger partial charge in [-0.15, -0.1) is 0 Å². The second-order valence-electron chi connectivity index (χ2n) is 9.09. The van der Waals surface area contributed by atoms with Gasteiger partial charge in [0.05, 0.1) is 17.3 Å². The Morgan fingerprint density at radius 2 is 1.64 bits per heavy atom. The van der Waals surface area contributed by atoms with Crippen LogP contribution in [-0.4, -0.2) is 16.2 Å². The Balaban J connectivity index is 1.65. The van der Waals surface area contributed by atoms with Crippen LogP contribution in [0.2, 0.25) is 5.02 Å². The van der Waals surface area contributed by atoms with Gasteiger partial charge in [-0.1, -0.05) is 54.0 Å². The van der Waals surface area contributed by atoms with Crippen LogP contribution in [0.4, 0.5) is 10.5 Å². The standard InChI is InChI=1S/C29H27ClN4O2/c1-5-20-6-8-21(9-7-20)26-25(28-32-27(33-36-28)22-10-12-23(30)13-11-22)19(4)34(29(35)31-26)24-15-17(2)14-18(3)16-24/h6-16,26H,5H2,1-4H3,(H,31,35). The Morgan fingerprint density at radius 3 is 2.28 bits per heavy atom. The maximum absolute atomic E-state index is 13.5. The van der Waals surface area contributed by atoms with Crippen LogP contribution in [0.5, 0.6) is 0 Å². The van der Waals surface area contributed by atoms with Gasteiger partial charge in [-0.05, 0) is 85.8 Å². The maximum Gasteiger partial charge on any atom is 0.326 e. The molecule has 6 nitrogen and oxygen atoms in total. The van der Waals surface area contributed by atoms with Crippen molar-refractivity contribution < 1.29 is 9.32 Å². The number of aryl methyl sites for hydroxylation is 3. The summed E-state index contributed by atoms with van der Waals surface area (Å²) >= 11 is 6.05. The van der Waals surface area contributed by atoms with Crippen LogP contribution < -0.4 is 10.2 Å². The molecule has 0 saturated carbocycles. The van der Waals surface area contributed by atoms with Crippen molar-refractivity contribution in [1.29, 1.82) is 0 Å². The molecular formula is C29H27ClN4O2. The van der Waals surface area contributed by atoms with E-state index >= 15 is 0 Å². The summed E-state index contributed by atoms with van der Waals surface area (Å²) < 4.78 is 5.79. The molecule has 1 atom stereocenters. The highest BCUT2D eigenvalue weighted by atomic mass is 35.5. The first-order valence-electron chi connectivity index (χ1n) is 11.9. The summed E-state index contributed by atoms with van der Waals surface area (Å²) in [5, 5.41) is 8.04. The van der Waals surface area contributed by atoms with E-state index in [1.807, 2.05) is 57.2 Å². The Labute approximate surface area is 215 Å². The van der Waals surface area contributed by atoms with E-state index in [0.717, 1.165) is 45.6 Å². The van der Waals surface area contributed by atoms with Crippen LogP contribution in [0, 0.1) is 13.8 Å². The maximum atomic E-state index is 13.5. The van der Waals surface area contributed by atoms with Crippen molar-refractivity contribution in [2.75, 3.05) is 4.90 Å². The highest BCUT2D eigenvalue weighted by molar-refractivity contribution is 6.30. The molecule has 0 saturated heterocycles. The van der Waals surface area contributed by atoms with Crippen molar-refractivity contribution in [3.05, 3.63) is 106 Å². The van der Waals surface area contributed by atoms with Gasteiger partial charge in [0.25, 0.3) is 5.89 Å². The zero-order valence-electron chi connectivity index (χ0n) is 20.7. The summed E-state index contributed by atoms with van der Waals surface area (Å²) in [4.78, 5) is 19.9. The number of hydrogen-bond donors (Lipinski definition) is 1.